The predicted molar refractivity (Wildman–Crippen MR) is 125 cm³/mol. The maximum Gasteiger partial charge on any atom is 0.416 e. The molecule has 0 aromatic heterocycles. The minimum atomic E-state index is -4.46. The Bertz CT molecular complexity index is 1230. The Hall–Kier alpha value is -3.76. The smallest absolute Gasteiger partial charge is 0.416 e. The Balaban J connectivity index is 1.60. The number of aliphatic hydroxyl groups is 1. The van der Waals surface area contributed by atoms with Gasteiger partial charge >= 0.3 is 12.1 Å². The second-order valence-corrected chi connectivity index (χ2v) is 9.61. The highest BCUT2D eigenvalue weighted by molar-refractivity contribution is 6.05. The predicted octanol–water partition coefficient (Wildman–Crippen LogP) is 4.56. The van der Waals surface area contributed by atoms with Gasteiger partial charge in [-0.05, 0) is 50.6 Å². The number of ether oxygens (including phenoxy) is 1. The summed E-state index contributed by atoms with van der Waals surface area (Å²) in [5.74, 6) is -2.73. The molecular weight excluding hydrogens is 482 g/mol. The zero-order chi connectivity index (χ0) is 26.4. The summed E-state index contributed by atoms with van der Waals surface area (Å²) in [7, 11) is 0. The van der Waals surface area contributed by atoms with Crippen molar-refractivity contribution in [3.05, 3.63) is 64.5 Å². The summed E-state index contributed by atoms with van der Waals surface area (Å²) in [4.78, 5) is 26.5. The molecule has 1 amide bonds. The van der Waals surface area contributed by atoms with Crippen molar-refractivity contribution in [1.29, 1.82) is 0 Å². The fourth-order valence-corrected chi connectivity index (χ4v) is 4.25. The minimum absolute atomic E-state index is 0.103. The summed E-state index contributed by atoms with van der Waals surface area (Å²) in [6.07, 6.45) is -4.46. The molecule has 0 spiro atoms. The maximum atomic E-state index is 14.8. The number of carbonyl (C=O) groups excluding carboxylic acids is 2. The lowest BCUT2D eigenvalue weighted by atomic mass is 9.93. The van der Waals surface area contributed by atoms with Crippen LogP contribution < -0.4 is 15.5 Å². The Morgan fingerprint density at radius 2 is 1.81 bits per heavy atom. The van der Waals surface area contributed by atoms with Gasteiger partial charge in [-0.15, -0.1) is 0 Å². The number of aliphatic hydroxyl groups excluding tert-OH is 1. The number of hydrogen-bond donors (Lipinski definition) is 3. The van der Waals surface area contributed by atoms with E-state index in [9.17, 15) is 32.3 Å². The topological polar surface area (TPSA) is 90.9 Å². The van der Waals surface area contributed by atoms with Gasteiger partial charge in [0.15, 0.2) is 0 Å². The number of carbonyl (C=O) groups is 2. The van der Waals surface area contributed by atoms with Crippen LogP contribution in [0.5, 0.6) is 0 Å². The van der Waals surface area contributed by atoms with Crippen LogP contribution in [0.1, 0.15) is 43.5 Å². The van der Waals surface area contributed by atoms with Gasteiger partial charge in [-0.25, -0.2) is 4.39 Å². The molecule has 1 atom stereocenters. The number of esters is 1. The van der Waals surface area contributed by atoms with Gasteiger partial charge in [0.05, 0.1) is 40.7 Å². The van der Waals surface area contributed by atoms with Crippen LogP contribution in [-0.4, -0.2) is 42.2 Å². The molecule has 2 heterocycles. The Kier molecular flexibility index (Phi) is 6.36. The molecule has 2 aromatic rings. The van der Waals surface area contributed by atoms with Gasteiger partial charge < -0.3 is 25.4 Å². The van der Waals surface area contributed by atoms with Crippen LogP contribution in [-0.2, 0) is 20.5 Å². The van der Waals surface area contributed by atoms with Crippen LogP contribution in [0.4, 0.5) is 28.9 Å². The zero-order valence-corrected chi connectivity index (χ0v) is 19.8. The first-order chi connectivity index (χ1) is 16.7. The minimum Gasteiger partial charge on any atom is -0.507 e. The first-order valence-electron chi connectivity index (χ1n) is 11.2. The molecular formula is C25H25F4N3O4. The van der Waals surface area contributed by atoms with Crippen molar-refractivity contribution >= 4 is 29.0 Å². The number of benzene rings is 2. The molecule has 1 unspecified atom stereocenters. The van der Waals surface area contributed by atoms with E-state index in [1.807, 2.05) is 0 Å². The number of hydrogen-bond acceptors (Lipinski definition) is 6. The second kappa shape index (κ2) is 9.03. The number of halogens is 4. The van der Waals surface area contributed by atoms with Crippen molar-refractivity contribution in [2.24, 2.45) is 0 Å². The highest BCUT2D eigenvalue weighted by Gasteiger charge is 2.37. The van der Waals surface area contributed by atoms with Crippen molar-refractivity contribution in [3.8, 4) is 0 Å². The monoisotopic (exact) mass is 507 g/mol. The molecule has 0 bridgehead atoms. The van der Waals surface area contributed by atoms with Crippen molar-refractivity contribution in [3.63, 3.8) is 0 Å². The normalized spacial score (nSPS) is 17.3. The molecule has 0 fully saturated rings. The van der Waals surface area contributed by atoms with Crippen molar-refractivity contribution in [2.45, 2.75) is 38.6 Å². The molecule has 0 saturated heterocycles. The van der Waals surface area contributed by atoms with Gasteiger partial charge in [-0.1, -0.05) is 12.1 Å². The van der Waals surface area contributed by atoms with Crippen LogP contribution in [0.3, 0.4) is 0 Å². The third-order valence-electron chi connectivity index (χ3n) is 5.78. The summed E-state index contributed by atoms with van der Waals surface area (Å²) in [5, 5.41) is 16.3. The van der Waals surface area contributed by atoms with E-state index in [0.717, 1.165) is 18.2 Å². The van der Waals surface area contributed by atoms with Gasteiger partial charge in [0, 0.05) is 6.54 Å². The number of nitrogens with zero attached hydrogens (tertiary/aromatic N) is 1. The van der Waals surface area contributed by atoms with Crippen LogP contribution >= 0.6 is 0 Å². The molecule has 192 valence electrons. The standard InChI is InChI=1S/C25H25F4N3O4/c1-24(2,3)36-19(33)10-30-23(35)15-11-32-12-18(13-4-6-14(7-5-13)25(27,28)29)31-17-9-8-16(26)20(21(17)32)22(15)34/h4-9,18,31,34H,10-12H2,1-3H3,(H,30,35). The second-order valence-electron chi connectivity index (χ2n) is 9.61. The molecule has 0 radical (unpaired) electrons. The SMILES string of the molecule is CC(C)(C)OC(=O)CNC(=O)C1=C(O)c2c(F)ccc3c2N(C1)CC(c1ccc(C(F)(F)F)cc1)N3. The third-order valence-corrected chi connectivity index (χ3v) is 5.78. The van der Waals surface area contributed by atoms with Crippen LogP contribution in [0.25, 0.3) is 5.76 Å². The van der Waals surface area contributed by atoms with Crippen LogP contribution in [0, 0.1) is 5.82 Å². The van der Waals surface area contributed by atoms with Gasteiger partial charge in [0.2, 0.25) is 0 Å². The van der Waals surface area contributed by atoms with E-state index in [1.165, 1.54) is 18.2 Å². The highest BCUT2D eigenvalue weighted by Crippen LogP contribution is 2.45. The average Bonchev–Trinajstić information content (AvgIpc) is 2.78. The highest BCUT2D eigenvalue weighted by atomic mass is 19.4. The lowest BCUT2D eigenvalue weighted by Crippen LogP contribution is -2.44. The fourth-order valence-electron chi connectivity index (χ4n) is 4.25. The van der Waals surface area contributed by atoms with E-state index < -0.39 is 53.4 Å². The molecule has 2 aliphatic rings. The van der Waals surface area contributed by atoms with E-state index in [-0.39, 0.29) is 24.2 Å². The van der Waals surface area contributed by atoms with E-state index >= 15 is 0 Å². The van der Waals surface area contributed by atoms with E-state index in [4.69, 9.17) is 4.74 Å². The summed E-state index contributed by atoms with van der Waals surface area (Å²) in [6.45, 7) is 4.67. The largest absolute Gasteiger partial charge is 0.507 e. The van der Waals surface area contributed by atoms with Crippen molar-refractivity contribution in [1.82, 2.24) is 5.32 Å². The van der Waals surface area contributed by atoms with Gasteiger partial charge in [0.1, 0.15) is 23.7 Å². The first-order valence-corrected chi connectivity index (χ1v) is 11.2. The lowest BCUT2D eigenvalue weighted by Gasteiger charge is -2.41. The van der Waals surface area contributed by atoms with Gasteiger partial charge in [-0.3, -0.25) is 9.59 Å². The molecule has 4 rings (SSSR count). The lowest BCUT2D eigenvalue weighted by molar-refractivity contribution is -0.154. The fraction of sp³-hybridized carbons (Fsp3) is 0.360. The molecule has 36 heavy (non-hydrogen) atoms. The molecule has 0 aliphatic carbocycles. The molecule has 7 nitrogen and oxygen atoms in total. The Morgan fingerprint density at radius 1 is 1.14 bits per heavy atom. The van der Waals surface area contributed by atoms with E-state index in [0.29, 0.717) is 16.9 Å². The van der Waals surface area contributed by atoms with Crippen LogP contribution in [0.15, 0.2) is 42.0 Å². The van der Waals surface area contributed by atoms with E-state index in [2.05, 4.69) is 10.6 Å². The molecule has 2 aromatic carbocycles. The summed E-state index contributed by atoms with van der Waals surface area (Å²) in [6, 6.07) is 6.83. The number of nitrogens with one attached hydrogen (secondary N) is 2. The number of rotatable bonds is 4. The Labute approximate surface area is 204 Å². The zero-order valence-electron chi connectivity index (χ0n) is 19.8. The average molecular weight is 507 g/mol. The molecule has 0 saturated carbocycles. The summed E-state index contributed by atoms with van der Waals surface area (Å²) >= 11 is 0. The maximum absolute atomic E-state index is 14.8. The number of alkyl halides is 3. The van der Waals surface area contributed by atoms with Crippen molar-refractivity contribution < 1.29 is 37.0 Å². The molecule has 3 N–H and O–H groups in total. The quantitative estimate of drug-likeness (QED) is 0.415. The number of anilines is 2. The molecule has 2 aliphatic heterocycles. The van der Waals surface area contributed by atoms with Crippen LogP contribution in [0.2, 0.25) is 0 Å². The molecule has 11 heteroatoms. The van der Waals surface area contributed by atoms with Gasteiger partial charge in [0.25, 0.3) is 5.91 Å². The van der Waals surface area contributed by atoms with Gasteiger partial charge in [-0.2, -0.15) is 13.2 Å². The summed E-state index contributed by atoms with van der Waals surface area (Å²) in [5.41, 5.74) is -0.465. The van der Waals surface area contributed by atoms with Crippen molar-refractivity contribution in [2.75, 3.05) is 29.9 Å². The Morgan fingerprint density at radius 3 is 2.42 bits per heavy atom. The first kappa shape index (κ1) is 25.3. The number of amides is 1. The summed E-state index contributed by atoms with van der Waals surface area (Å²) < 4.78 is 58.8. The van der Waals surface area contributed by atoms with E-state index in [1.54, 1.807) is 25.7 Å². The third kappa shape index (κ3) is 5.09.